The van der Waals surface area contributed by atoms with Crippen LogP contribution in [0.4, 0.5) is 5.69 Å². The number of nitrogens with two attached hydrogens (primary N) is 1. The number of halogens is 2. The highest BCUT2D eigenvalue weighted by atomic mass is 79.9. The Morgan fingerprint density at radius 3 is 2.20 bits per heavy atom. The molecule has 3 N–H and O–H groups in total. The fourth-order valence-corrected chi connectivity index (χ4v) is 3.54. The molecule has 2 aromatic carbocycles. The minimum absolute atomic E-state index is 0.409. The molecule has 0 saturated heterocycles. The molecule has 5 heteroatoms. The topological polar surface area (TPSA) is 55.1 Å². The molecule has 0 aromatic heterocycles. The van der Waals surface area contributed by atoms with Crippen LogP contribution in [0.5, 0.6) is 0 Å². The molecule has 0 bridgehead atoms. The van der Waals surface area contributed by atoms with Gasteiger partial charge in [0.15, 0.2) is 0 Å². The maximum atomic E-state index is 11.0. The first kappa shape index (κ1) is 15.1. The lowest BCUT2D eigenvalue weighted by Gasteiger charge is -2.12. The van der Waals surface area contributed by atoms with E-state index in [1.54, 1.807) is 12.1 Å². The lowest BCUT2D eigenvalue weighted by atomic mass is 10.1. The van der Waals surface area contributed by atoms with E-state index in [-0.39, 0.29) is 0 Å². The molecular weight excluding hydrogens is 384 g/mol. The van der Waals surface area contributed by atoms with E-state index in [0.29, 0.717) is 12.1 Å². The van der Waals surface area contributed by atoms with Crippen molar-refractivity contribution in [2.75, 3.05) is 5.32 Å². The molecule has 0 atom stereocenters. The van der Waals surface area contributed by atoms with Crippen LogP contribution in [0.25, 0.3) is 0 Å². The van der Waals surface area contributed by atoms with Crippen molar-refractivity contribution in [1.82, 2.24) is 0 Å². The first-order valence-electron chi connectivity index (χ1n) is 6.05. The minimum Gasteiger partial charge on any atom is -0.379 e. The lowest BCUT2D eigenvalue weighted by molar-refractivity contribution is 0.100. The first-order chi connectivity index (χ1) is 9.47. The lowest BCUT2D eigenvalue weighted by Crippen LogP contribution is -2.10. The zero-order valence-corrected chi connectivity index (χ0v) is 14.1. The second-order valence-corrected chi connectivity index (χ2v) is 6.23. The van der Waals surface area contributed by atoms with Crippen LogP contribution in [-0.4, -0.2) is 5.91 Å². The molecule has 20 heavy (non-hydrogen) atoms. The van der Waals surface area contributed by atoms with Gasteiger partial charge < -0.3 is 11.1 Å². The second kappa shape index (κ2) is 6.41. The van der Waals surface area contributed by atoms with Gasteiger partial charge in [-0.2, -0.15) is 0 Å². The van der Waals surface area contributed by atoms with Crippen LogP contribution in [0.1, 0.15) is 21.5 Å². The maximum absolute atomic E-state index is 11.0. The highest BCUT2D eigenvalue weighted by molar-refractivity contribution is 9.11. The van der Waals surface area contributed by atoms with Crippen molar-refractivity contribution >= 4 is 43.5 Å². The molecule has 0 aliphatic heterocycles. The Labute approximate surface area is 134 Å². The van der Waals surface area contributed by atoms with Gasteiger partial charge in [-0.3, -0.25) is 4.79 Å². The van der Waals surface area contributed by atoms with Crippen LogP contribution in [0.2, 0.25) is 0 Å². The van der Waals surface area contributed by atoms with Gasteiger partial charge in [-0.1, -0.05) is 12.1 Å². The molecule has 1 amide bonds. The molecule has 0 aliphatic rings. The standard InChI is InChI=1S/C15H14Br2N2O/c1-9-6-12(16)14(13(17)7-9)19-8-10-2-4-11(5-3-10)15(18)20/h2-7,19H,8H2,1H3,(H2,18,20). The molecule has 0 fully saturated rings. The fraction of sp³-hybridized carbons (Fsp3) is 0.133. The number of amides is 1. The summed E-state index contributed by atoms with van der Waals surface area (Å²) in [6, 6.07) is 11.4. The summed E-state index contributed by atoms with van der Waals surface area (Å²) in [5.41, 5.74) is 9.00. The van der Waals surface area contributed by atoms with Gasteiger partial charge in [0.2, 0.25) is 5.91 Å². The number of hydrogen-bond donors (Lipinski definition) is 2. The van der Waals surface area contributed by atoms with Crippen molar-refractivity contribution in [3.63, 3.8) is 0 Å². The molecule has 0 aliphatic carbocycles. The normalized spacial score (nSPS) is 10.3. The van der Waals surface area contributed by atoms with E-state index < -0.39 is 5.91 Å². The van der Waals surface area contributed by atoms with Gasteiger partial charge >= 0.3 is 0 Å². The summed E-state index contributed by atoms with van der Waals surface area (Å²) in [6.45, 7) is 2.71. The van der Waals surface area contributed by atoms with E-state index in [1.165, 1.54) is 5.56 Å². The zero-order chi connectivity index (χ0) is 14.7. The van der Waals surface area contributed by atoms with Gasteiger partial charge in [-0.15, -0.1) is 0 Å². The summed E-state index contributed by atoms with van der Waals surface area (Å²) in [5.74, 6) is -0.409. The van der Waals surface area contributed by atoms with E-state index in [9.17, 15) is 4.79 Å². The third-order valence-electron chi connectivity index (χ3n) is 2.89. The van der Waals surface area contributed by atoms with Crippen molar-refractivity contribution in [3.8, 4) is 0 Å². The monoisotopic (exact) mass is 396 g/mol. The average Bonchev–Trinajstić information content (AvgIpc) is 2.38. The smallest absolute Gasteiger partial charge is 0.248 e. The van der Waals surface area contributed by atoms with Crippen LogP contribution in [0.15, 0.2) is 45.3 Å². The van der Waals surface area contributed by atoms with E-state index in [1.807, 2.05) is 19.1 Å². The van der Waals surface area contributed by atoms with Gasteiger partial charge in [0.1, 0.15) is 0 Å². The molecule has 2 aromatic rings. The van der Waals surface area contributed by atoms with Crippen LogP contribution in [0, 0.1) is 6.92 Å². The van der Waals surface area contributed by atoms with Gasteiger partial charge in [-0.05, 0) is 74.2 Å². The van der Waals surface area contributed by atoms with Crippen molar-refractivity contribution in [3.05, 3.63) is 62.0 Å². The maximum Gasteiger partial charge on any atom is 0.248 e. The third-order valence-corrected chi connectivity index (χ3v) is 4.15. The zero-order valence-electron chi connectivity index (χ0n) is 10.9. The van der Waals surface area contributed by atoms with Crippen molar-refractivity contribution in [2.45, 2.75) is 13.5 Å². The van der Waals surface area contributed by atoms with Crippen LogP contribution >= 0.6 is 31.9 Å². The predicted octanol–water partition coefficient (Wildman–Crippen LogP) is 4.23. The molecular formula is C15H14Br2N2O. The van der Waals surface area contributed by atoms with Crippen LogP contribution in [-0.2, 0) is 6.54 Å². The molecule has 0 heterocycles. The van der Waals surface area contributed by atoms with Gasteiger partial charge in [-0.25, -0.2) is 0 Å². The SMILES string of the molecule is Cc1cc(Br)c(NCc2ccc(C(N)=O)cc2)c(Br)c1. The first-order valence-corrected chi connectivity index (χ1v) is 7.64. The summed E-state index contributed by atoms with van der Waals surface area (Å²) in [4.78, 5) is 11.0. The Morgan fingerprint density at radius 2 is 1.70 bits per heavy atom. The quantitative estimate of drug-likeness (QED) is 0.810. The Balaban J connectivity index is 2.11. The summed E-state index contributed by atoms with van der Waals surface area (Å²) < 4.78 is 2.02. The van der Waals surface area contributed by atoms with Gasteiger partial charge in [0.05, 0.1) is 5.69 Å². The number of benzene rings is 2. The minimum atomic E-state index is -0.409. The predicted molar refractivity (Wildman–Crippen MR) is 88.9 cm³/mol. The summed E-state index contributed by atoms with van der Waals surface area (Å²) in [6.07, 6.45) is 0. The molecule has 3 nitrogen and oxygen atoms in total. The fourth-order valence-electron chi connectivity index (χ4n) is 1.85. The summed E-state index contributed by atoms with van der Waals surface area (Å²) in [5, 5.41) is 3.36. The van der Waals surface area contributed by atoms with E-state index in [0.717, 1.165) is 20.2 Å². The number of aryl methyl sites for hydroxylation is 1. The van der Waals surface area contributed by atoms with Crippen molar-refractivity contribution in [2.24, 2.45) is 5.73 Å². The number of carbonyl (C=O) groups is 1. The second-order valence-electron chi connectivity index (χ2n) is 4.52. The highest BCUT2D eigenvalue weighted by Crippen LogP contribution is 2.32. The largest absolute Gasteiger partial charge is 0.379 e. The van der Waals surface area contributed by atoms with E-state index in [4.69, 9.17) is 5.73 Å². The average molecular weight is 398 g/mol. The van der Waals surface area contributed by atoms with E-state index >= 15 is 0 Å². The van der Waals surface area contributed by atoms with Crippen LogP contribution in [0.3, 0.4) is 0 Å². The Kier molecular flexibility index (Phi) is 4.83. The number of primary amides is 1. The number of hydrogen-bond acceptors (Lipinski definition) is 2. The number of anilines is 1. The summed E-state index contributed by atoms with van der Waals surface area (Å²) >= 11 is 7.10. The van der Waals surface area contributed by atoms with Crippen molar-refractivity contribution < 1.29 is 4.79 Å². The van der Waals surface area contributed by atoms with Gasteiger partial charge in [0.25, 0.3) is 0 Å². The Hall–Kier alpha value is -1.33. The molecule has 0 spiro atoms. The molecule has 0 saturated carbocycles. The highest BCUT2D eigenvalue weighted by Gasteiger charge is 2.06. The van der Waals surface area contributed by atoms with Gasteiger partial charge in [0, 0.05) is 21.1 Å². The van der Waals surface area contributed by atoms with Crippen molar-refractivity contribution in [1.29, 1.82) is 0 Å². The molecule has 0 unspecified atom stereocenters. The Morgan fingerprint density at radius 1 is 1.15 bits per heavy atom. The number of nitrogens with one attached hydrogen (secondary N) is 1. The van der Waals surface area contributed by atoms with E-state index in [2.05, 4.69) is 49.3 Å². The number of rotatable bonds is 4. The molecule has 2 rings (SSSR count). The van der Waals surface area contributed by atoms with Crippen LogP contribution < -0.4 is 11.1 Å². The molecule has 0 radical (unpaired) electrons. The Bertz CT molecular complexity index is 616. The summed E-state index contributed by atoms with van der Waals surface area (Å²) in [7, 11) is 0. The molecule has 104 valence electrons. The number of carbonyl (C=O) groups excluding carboxylic acids is 1. The third kappa shape index (κ3) is 3.61.